The third-order valence-electron chi connectivity index (χ3n) is 2.50. The lowest BCUT2D eigenvalue weighted by Gasteiger charge is -2.19. The molecule has 1 atom stereocenters. The zero-order valence-corrected chi connectivity index (χ0v) is 7.70. The standard InChI is InChI=1S/C9H11N5/c10-4-5-1-2-7-6(3-5)8(11)14-9(12)13-7/h5H,1-3H2,(H4,11,12,13,14)/t5-/m0/s1. The number of aryl methyl sites for hydroxylation is 1. The van der Waals surface area contributed by atoms with E-state index in [0.717, 1.165) is 24.1 Å². The Hall–Kier alpha value is -1.83. The number of fused-ring (bicyclic) bond motifs is 1. The molecule has 0 aromatic carbocycles. The van der Waals surface area contributed by atoms with Crippen LogP contribution in [-0.2, 0) is 12.8 Å². The summed E-state index contributed by atoms with van der Waals surface area (Å²) in [6.07, 6.45) is 2.25. The minimum absolute atomic E-state index is 0.0389. The predicted molar refractivity (Wildman–Crippen MR) is 52.0 cm³/mol. The van der Waals surface area contributed by atoms with E-state index in [0.29, 0.717) is 12.2 Å². The molecule has 0 fully saturated rings. The van der Waals surface area contributed by atoms with E-state index in [9.17, 15) is 0 Å². The molecule has 1 aromatic heterocycles. The van der Waals surface area contributed by atoms with Crippen molar-refractivity contribution < 1.29 is 0 Å². The Morgan fingerprint density at radius 2 is 2.14 bits per heavy atom. The van der Waals surface area contributed by atoms with Gasteiger partial charge in [-0.1, -0.05) is 0 Å². The van der Waals surface area contributed by atoms with E-state index in [1.807, 2.05) is 0 Å². The van der Waals surface area contributed by atoms with Crippen LogP contribution in [0.3, 0.4) is 0 Å². The van der Waals surface area contributed by atoms with Crippen molar-refractivity contribution in [3.8, 4) is 6.07 Å². The molecule has 0 aliphatic heterocycles. The first-order chi connectivity index (χ1) is 6.70. The Labute approximate surface area is 81.8 Å². The van der Waals surface area contributed by atoms with Gasteiger partial charge in [0.2, 0.25) is 5.95 Å². The second kappa shape index (κ2) is 3.14. The summed E-state index contributed by atoms with van der Waals surface area (Å²) in [6.45, 7) is 0. The van der Waals surface area contributed by atoms with E-state index >= 15 is 0 Å². The first-order valence-corrected chi connectivity index (χ1v) is 4.51. The molecule has 72 valence electrons. The number of nitriles is 1. The fourth-order valence-electron chi connectivity index (χ4n) is 1.77. The van der Waals surface area contributed by atoms with Crippen LogP contribution < -0.4 is 11.5 Å². The summed E-state index contributed by atoms with van der Waals surface area (Å²) in [5.41, 5.74) is 13.0. The van der Waals surface area contributed by atoms with Crippen molar-refractivity contribution in [1.82, 2.24) is 9.97 Å². The monoisotopic (exact) mass is 189 g/mol. The normalized spacial score (nSPS) is 19.8. The number of anilines is 2. The molecule has 14 heavy (non-hydrogen) atoms. The summed E-state index contributed by atoms with van der Waals surface area (Å²) in [4.78, 5) is 8.01. The van der Waals surface area contributed by atoms with Crippen LogP contribution in [0.1, 0.15) is 17.7 Å². The molecule has 0 saturated carbocycles. The van der Waals surface area contributed by atoms with E-state index < -0.39 is 0 Å². The van der Waals surface area contributed by atoms with Gasteiger partial charge in [-0.15, -0.1) is 0 Å². The summed E-state index contributed by atoms with van der Waals surface area (Å²) < 4.78 is 0. The largest absolute Gasteiger partial charge is 0.383 e. The average Bonchev–Trinajstić information content (AvgIpc) is 2.17. The fourth-order valence-corrected chi connectivity index (χ4v) is 1.77. The van der Waals surface area contributed by atoms with Crippen LogP contribution in [0.4, 0.5) is 11.8 Å². The van der Waals surface area contributed by atoms with Crippen LogP contribution in [0.15, 0.2) is 0 Å². The molecule has 0 amide bonds. The Balaban J connectivity index is 2.43. The second-order valence-electron chi connectivity index (χ2n) is 3.46. The van der Waals surface area contributed by atoms with Gasteiger partial charge in [-0.25, -0.2) is 4.98 Å². The van der Waals surface area contributed by atoms with Gasteiger partial charge >= 0.3 is 0 Å². The molecule has 2 rings (SSSR count). The van der Waals surface area contributed by atoms with E-state index in [1.54, 1.807) is 0 Å². The van der Waals surface area contributed by atoms with E-state index in [2.05, 4.69) is 16.0 Å². The molecule has 1 aliphatic rings. The topological polar surface area (TPSA) is 102 Å². The first kappa shape index (κ1) is 8.75. The predicted octanol–water partition coefficient (Wildman–Crippen LogP) is 0.269. The van der Waals surface area contributed by atoms with Gasteiger partial charge in [-0.3, -0.25) is 0 Å². The molecule has 0 spiro atoms. The third-order valence-corrected chi connectivity index (χ3v) is 2.50. The van der Waals surface area contributed by atoms with Crippen molar-refractivity contribution in [3.63, 3.8) is 0 Å². The molecule has 5 heteroatoms. The summed E-state index contributed by atoms with van der Waals surface area (Å²) in [6, 6.07) is 2.24. The molecule has 0 unspecified atom stereocenters. The maximum Gasteiger partial charge on any atom is 0.222 e. The number of hydrogen-bond donors (Lipinski definition) is 2. The number of nitrogen functional groups attached to an aromatic ring is 2. The zero-order valence-electron chi connectivity index (χ0n) is 7.70. The third kappa shape index (κ3) is 1.35. The molecular weight excluding hydrogens is 178 g/mol. The Kier molecular flexibility index (Phi) is 1.97. The lowest BCUT2D eigenvalue weighted by Crippen LogP contribution is -2.18. The Morgan fingerprint density at radius 1 is 1.36 bits per heavy atom. The second-order valence-corrected chi connectivity index (χ2v) is 3.46. The Morgan fingerprint density at radius 3 is 2.86 bits per heavy atom. The highest BCUT2D eigenvalue weighted by Crippen LogP contribution is 2.27. The van der Waals surface area contributed by atoms with Crippen molar-refractivity contribution in [2.45, 2.75) is 19.3 Å². The maximum absolute atomic E-state index is 8.81. The van der Waals surface area contributed by atoms with Crippen LogP contribution in [0, 0.1) is 17.2 Å². The van der Waals surface area contributed by atoms with E-state index in [4.69, 9.17) is 16.7 Å². The maximum atomic E-state index is 8.81. The van der Waals surface area contributed by atoms with Crippen LogP contribution in [-0.4, -0.2) is 9.97 Å². The van der Waals surface area contributed by atoms with Crippen LogP contribution in [0.2, 0.25) is 0 Å². The first-order valence-electron chi connectivity index (χ1n) is 4.51. The van der Waals surface area contributed by atoms with Crippen molar-refractivity contribution in [3.05, 3.63) is 11.3 Å². The lowest BCUT2D eigenvalue weighted by atomic mass is 9.88. The summed E-state index contributed by atoms with van der Waals surface area (Å²) in [5.74, 6) is 0.682. The number of nitrogens with two attached hydrogens (primary N) is 2. The van der Waals surface area contributed by atoms with Gasteiger partial charge in [-0.05, 0) is 19.3 Å². The minimum atomic E-state index is 0.0389. The highest BCUT2D eigenvalue weighted by Gasteiger charge is 2.22. The van der Waals surface area contributed by atoms with Crippen molar-refractivity contribution in [1.29, 1.82) is 5.26 Å². The zero-order chi connectivity index (χ0) is 10.1. The molecule has 0 bridgehead atoms. The molecule has 4 N–H and O–H groups in total. The quantitative estimate of drug-likeness (QED) is 0.609. The van der Waals surface area contributed by atoms with Gasteiger partial charge in [0.05, 0.1) is 17.7 Å². The van der Waals surface area contributed by atoms with Crippen molar-refractivity contribution in [2.24, 2.45) is 5.92 Å². The Bertz CT molecular complexity index is 406. The summed E-state index contributed by atoms with van der Waals surface area (Å²) in [7, 11) is 0. The van der Waals surface area contributed by atoms with Gasteiger partial charge in [0, 0.05) is 5.56 Å². The summed E-state index contributed by atoms with van der Waals surface area (Å²) in [5, 5.41) is 8.81. The molecule has 1 aliphatic carbocycles. The van der Waals surface area contributed by atoms with Gasteiger partial charge in [0.1, 0.15) is 5.82 Å². The van der Waals surface area contributed by atoms with Crippen LogP contribution in [0.5, 0.6) is 0 Å². The van der Waals surface area contributed by atoms with Crippen molar-refractivity contribution in [2.75, 3.05) is 11.5 Å². The molecular formula is C9H11N5. The number of rotatable bonds is 0. The highest BCUT2D eigenvalue weighted by atomic mass is 15.0. The summed E-state index contributed by atoms with van der Waals surface area (Å²) >= 11 is 0. The van der Waals surface area contributed by atoms with Gasteiger partial charge in [0.15, 0.2) is 0 Å². The van der Waals surface area contributed by atoms with E-state index in [-0.39, 0.29) is 11.9 Å². The van der Waals surface area contributed by atoms with Gasteiger partial charge in [0.25, 0.3) is 0 Å². The van der Waals surface area contributed by atoms with Crippen molar-refractivity contribution >= 4 is 11.8 Å². The van der Waals surface area contributed by atoms with Crippen LogP contribution >= 0.6 is 0 Å². The molecule has 1 heterocycles. The highest BCUT2D eigenvalue weighted by molar-refractivity contribution is 5.47. The minimum Gasteiger partial charge on any atom is -0.383 e. The number of aromatic nitrogens is 2. The SMILES string of the molecule is N#C[C@H]1CCc2nc(N)nc(N)c2C1. The molecule has 0 radical (unpaired) electrons. The number of nitrogens with zero attached hydrogens (tertiary/aromatic N) is 3. The lowest BCUT2D eigenvalue weighted by molar-refractivity contribution is 0.554. The van der Waals surface area contributed by atoms with E-state index in [1.165, 1.54) is 0 Å². The smallest absolute Gasteiger partial charge is 0.222 e. The average molecular weight is 189 g/mol. The molecule has 5 nitrogen and oxygen atoms in total. The van der Waals surface area contributed by atoms with Gasteiger partial charge in [-0.2, -0.15) is 10.2 Å². The van der Waals surface area contributed by atoms with Crippen LogP contribution in [0.25, 0.3) is 0 Å². The van der Waals surface area contributed by atoms with Gasteiger partial charge < -0.3 is 11.5 Å². The number of hydrogen-bond acceptors (Lipinski definition) is 5. The molecule has 1 aromatic rings. The molecule has 0 saturated heterocycles. The fraction of sp³-hybridized carbons (Fsp3) is 0.444.